The molecule has 0 aliphatic heterocycles. The molecule has 0 heterocycles. The molecule has 0 aromatic rings. The number of carbonyl (C=O) groups excluding carboxylic acids is 2. The van der Waals surface area contributed by atoms with Gasteiger partial charge < -0.3 is 9.08 Å². The van der Waals surface area contributed by atoms with Crippen LogP contribution in [0.3, 0.4) is 0 Å². The standard InChI is InChI=1S/C10H17ClO3/c11-14-10(13)8-6-4-2-1-3-5-7-9-12/h9H,1-8H2. The third-order valence-corrected chi connectivity index (χ3v) is 2.21. The quantitative estimate of drug-likeness (QED) is 0.443. The van der Waals surface area contributed by atoms with Gasteiger partial charge in [0.25, 0.3) is 0 Å². The molecule has 3 nitrogen and oxygen atoms in total. The van der Waals surface area contributed by atoms with Crippen molar-refractivity contribution in [2.24, 2.45) is 0 Å². The Balaban J connectivity index is 2.98. The van der Waals surface area contributed by atoms with E-state index in [4.69, 9.17) is 11.9 Å². The van der Waals surface area contributed by atoms with Gasteiger partial charge in [-0.25, -0.2) is 0 Å². The van der Waals surface area contributed by atoms with Crippen molar-refractivity contribution in [3.8, 4) is 0 Å². The predicted molar refractivity (Wildman–Crippen MR) is 54.9 cm³/mol. The van der Waals surface area contributed by atoms with Crippen molar-refractivity contribution in [3.63, 3.8) is 0 Å². The highest BCUT2D eigenvalue weighted by Gasteiger charge is 2.00. The zero-order chi connectivity index (χ0) is 10.6. The smallest absolute Gasteiger partial charge is 0.324 e. The molecule has 0 aromatic carbocycles. The van der Waals surface area contributed by atoms with Crippen molar-refractivity contribution in [1.29, 1.82) is 0 Å². The summed E-state index contributed by atoms with van der Waals surface area (Å²) in [6.07, 6.45) is 8.18. The molecule has 0 fully saturated rings. The minimum absolute atomic E-state index is 0.354. The molecular formula is C10H17ClO3. The van der Waals surface area contributed by atoms with Crippen LogP contribution in [-0.4, -0.2) is 12.3 Å². The molecule has 0 radical (unpaired) electrons. The Morgan fingerprint density at radius 1 is 1.07 bits per heavy atom. The van der Waals surface area contributed by atoms with Gasteiger partial charge in [0.05, 0.1) is 0 Å². The van der Waals surface area contributed by atoms with Crippen molar-refractivity contribution in [2.45, 2.75) is 51.4 Å². The van der Waals surface area contributed by atoms with Crippen LogP contribution in [0.1, 0.15) is 51.4 Å². The first-order valence-electron chi connectivity index (χ1n) is 5.06. The van der Waals surface area contributed by atoms with E-state index in [1.165, 1.54) is 0 Å². The van der Waals surface area contributed by atoms with Crippen LogP contribution < -0.4 is 0 Å². The second-order valence-corrected chi connectivity index (χ2v) is 3.43. The van der Waals surface area contributed by atoms with E-state index >= 15 is 0 Å². The number of hydrogen-bond donors (Lipinski definition) is 0. The Labute approximate surface area is 89.9 Å². The van der Waals surface area contributed by atoms with Crippen molar-refractivity contribution in [2.75, 3.05) is 0 Å². The Bertz CT molecular complexity index is 159. The molecule has 0 spiro atoms. The van der Waals surface area contributed by atoms with Gasteiger partial charge in [0.2, 0.25) is 0 Å². The molecule has 0 saturated carbocycles. The molecule has 0 amide bonds. The molecule has 4 heteroatoms. The first-order chi connectivity index (χ1) is 6.81. The summed E-state index contributed by atoms with van der Waals surface area (Å²) in [4.78, 5) is 20.6. The first-order valence-corrected chi connectivity index (χ1v) is 5.37. The number of unbranched alkanes of at least 4 members (excludes halogenated alkanes) is 6. The van der Waals surface area contributed by atoms with E-state index in [1.807, 2.05) is 0 Å². The highest BCUT2D eigenvalue weighted by molar-refractivity contribution is 6.13. The lowest BCUT2D eigenvalue weighted by Gasteiger charge is -1.99. The van der Waals surface area contributed by atoms with Crippen LogP contribution in [0.5, 0.6) is 0 Å². The topological polar surface area (TPSA) is 43.4 Å². The molecule has 0 saturated heterocycles. The Hall–Kier alpha value is -0.570. The molecule has 0 aliphatic carbocycles. The number of halogens is 1. The summed E-state index contributed by atoms with van der Waals surface area (Å²) in [7, 11) is 0. The molecule has 0 N–H and O–H groups in total. The van der Waals surface area contributed by atoms with Gasteiger partial charge in [-0.15, -0.1) is 0 Å². The molecular weight excluding hydrogens is 204 g/mol. The first kappa shape index (κ1) is 13.4. The zero-order valence-corrected chi connectivity index (χ0v) is 9.09. The van der Waals surface area contributed by atoms with Gasteiger partial charge in [-0.05, 0) is 12.8 Å². The normalized spacial score (nSPS) is 9.79. The number of rotatable bonds is 9. The maximum atomic E-state index is 10.6. The second-order valence-electron chi connectivity index (χ2n) is 3.28. The fourth-order valence-electron chi connectivity index (χ4n) is 1.24. The Morgan fingerprint density at radius 2 is 1.64 bits per heavy atom. The van der Waals surface area contributed by atoms with E-state index in [0.29, 0.717) is 12.8 Å². The second kappa shape index (κ2) is 10.5. The summed E-state index contributed by atoms with van der Waals surface area (Å²) >= 11 is 4.87. The number of hydrogen-bond acceptors (Lipinski definition) is 3. The van der Waals surface area contributed by atoms with E-state index in [0.717, 1.165) is 44.8 Å². The van der Waals surface area contributed by atoms with Gasteiger partial charge in [0.1, 0.15) is 18.2 Å². The lowest BCUT2D eigenvalue weighted by Crippen LogP contribution is -1.95. The average Bonchev–Trinajstić information content (AvgIpc) is 2.21. The maximum absolute atomic E-state index is 10.6. The molecule has 82 valence electrons. The summed E-state index contributed by atoms with van der Waals surface area (Å²) < 4.78 is 4.00. The highest BCUT2D eigenvalue weighted by Crippen LogP contribution is 2.08. The Kier molecular flexibility index (Phi) is 10.1. The summed E-state index contributed by atoms with van der Waals surface area (Å²) in [5.41, 5.74) is 0. The number of carbonyl (C=O) groups is 2. The highest BCUT2D eigenvalue weighted by atomic mass is 35.5. The van der Waals surface area contributed by atoms with Gasteiger partial charge in [-0.2, -0.15) is 0 Å². The van der Waals surface area contributed by atoms with E-state index in [-0.39, 0.29) is 5.97 Å². The summed E-state index contributed by atoms with van der Waals surface area (Å²) in [6.45, 7) is 0. The fourth-order valence-corrected chi connectivity index (χ4v) is 1.32. The van der Waals surface area contributed by atoms with E-state index in [1.54, 1.807) is 0 Å². The summed E-state index contributed by atoms with van der Waals surface area (Å²) in [5.74, 6) is -0.354. The molecule has 0 rings (SSSR count). The van der Waals surface area contributed by atoms with Crippen LogP contribution >= 0.6 is 11.9 Å². The van der Waals surface area contributed by atoms with Crippen molar-refractivity contribution in [3.05, 3.63) is 0 Å². The van der Waals surface area contributed by atoms with E-state index in [2.05, 4.69) is 4.29 Å². The lowest BCUT2D eigenvalue weighted by atomic mass is 10.1. The van der Waals surface area contributed by atoms with Crippen LogP contribution in [0.25, 0.3) is 0 Å². The van der Waals surface area contributed by atoms with Crippen LogP contribution in [-0.2, 0) is 13.9 Å². The molecule has 0 aliphatic rings. The van der Waals surface area contributed by atoms with Crippen molar-refractivity contribution >= 4 is 24.1 Å². The van der Waals surface area contributed by atoms with Gasteiger partial charge in [0.15, 0.2) is 0 Å². The van der Waals surface area contributed by atoms with Gasteiger partial charge in [-0.1, -0.05) is 25.7 Å². The SMILES string of the molecule is O=CCCCCCCCCC(=O)OCl. The zero-order valence-electron chi connectivity index (χ0n) is 8.34. The minimum atomic E-state index is -0.354. The van der Waals surface area contributed by atoms with Crippen LogP contribution in [0.4, 0.5) is 0 Å². The summed E-state index contributed by atoms with van der Waals surface area (Å²) in [6, 6.07) is 0. The van der Waals surface area contributed by atoms with Gasteiger partial charge in [-0.3, -0.25) is 4.79 Å². The summed E-state index contributed by atoms with van der Waals surface area (Å²) in [5, 5.41) is 0. The van der Waals surface area contributed by atoms with Gasteiger partial charge >= 0.3 is 5.97 Å². The molecule has 0 bridgehead atoms. The molecule has 0 atom stereocenters. The molecule has 0 aromatic heterocycles. The predicted octanol–water partition coefficient (Wildman–Crippen LogP) is 3.00. The van der Waals surface area contributed by atoms with Crippen LogP contribution in [0.15, 0.2) is 0 Å². The van der Waals surface area contributed by atoms with E-state index < -0.39 is 0 Å². The van der Waals surface area contributed by atoms with Crippen LogP contribution in [0, 0.1) is 0 Å². The number of aldehydes is 1. The molecule has 14 heavy (non-hydrogen) atoms. The largest absolute Gasteiger partial charge is 0.348 e. The van der Waals surface area contributed by atoms with Crippen molar-refractivity contribution < 1.29 is 13.9 Å². The maximum Gasteiger partial charge on any atom is 0.324 e. The van der Waals surface area contributed by atoms with Crippen LogP contribution in [0.2, 0.25) is 0 Å². The lowest BCUT2D eigenvalue weighted by molar-refractivity contribution is -0.134. The van der Waals surface area contributed by atoms with Crippen molar-refractivity contribution in [1.82, 2.24) is 0 Å². The fraction of sp³-hybridized carbons (Fsp3) is 0.800. The average molecular weight is 221 g/mol. The van der Waals surface area contributed by atoms with Gasteiger partial charge in [0, 0.05) is 12.8 Å². The minimum Gasteiger partial charge on any atom is -0.348 e. The third kappa shape index (κ3) is 9.52. The molecule has 0 unspecified atom stereocenters. The monoisotopic (exact) mass is 220 g/mol. The Morgan fingerprint density at radius 3 is 2.21 bits per heavy atom. The van der Waals surface area contributed by atoms with E-state index in [9.17, 15) is 9.59 Å². The third-order valence-electron chi connectivity index (χ3n) is 2.04.